The number of amidine groups is 1. The molecule has 0 aromatic rings. The van der Waals surface area contributed by atoms with Crippen molar-refractivity contribution in [2.45, 2.75) is 13.8 Å². The average molecular weight is 158 g/mol. The summed E-state index contributed by atoms with van der Waals surface area (Å²) in [7, 11) is 0. The van der Waals surface area contributed by atoms with Gasteiger partial charge in [0.25, 0.3) is 0 Å². The van der Waals surface area contributed by atoms with Crippen LogP contribution >= 0.6 is 11.8 Å². The molecule has 0 aromatic carbocycles. The molecule has 0 saturated carbocycles. The van der Waals surface area contributed by atoms with E-state index in [-0.39, 0.29) is 0 Å². The van der Waals surface area contributed by atoms with Crippen molar-refractivity contribution in [1.29, 1.82) is 0 Å². The van der Waals surface area contributed by atoms with Gasteiger partial charge in [-0.2, -0.15) is 0 Å². The molecule has 0 fully saturated rings. The summed E-state index contributed by atoms with van der Waals surface area (Å²) in [5.41, 5.74) is 0. The minimum Gasteiger partial charge on any atom is -0.363 e. The zero-order chi connectivity index (χ0) is 7.40. The van der Waals surface area contributed by atoms with Crippen molar-refractivity contribution in [2.75, 3.05) is 18.8 Å². The lowest BCUT2D eigenvalue weighted by Gasteiger charge is -2.03. The smallest absolute Gasteiger partial charge is 0.156 e. The Labute approximate surface area is 66.5 Å². The van der Waals surface area contributed by atoms with Gasteiger partial charge in [-0.05, 0) is 5.92 Å². The molecular weight excluding hydrogens is 144 g/mol. The largest absolute Gasteiger partial charge is 0.363 e. The summed E-state index contributed by atoms with van der Waals surface area (Å²) in [4.78, 5) is 4.28. The molecule has 1 rings (SSSR count). The van der Waals surface area contributed by atoms with E-state index in [1.54, 1.807) is 0 Å². The number of nitrogens with zero attached hydrogens (tertiary/aromatic N) is 1. The fraction of sp³-hybridized carbons (Fsp3) is 0.857. The van der Waals surface area contributed by atoms with E-state index in [1.165, 1.54) is 5.75 Å². The van der Waals surface area contributed by atoms with Crippen LogP contribution in [0.25, 0.3) is 0 Å². The lowest BCUT2D eigenvalue weighted by molar-refractivity contribution is 0.752. The highest BCUT2D eigenvalue weighted by atomic mass is 32.2. The van der Waals surface area contributed by atoms with Crippen molar-refractivity contribution < 1.29 is 0 Å². The summed E-state index contributed by atoms with van der Waals surface area (Å²) in [6, 6.07) is 0. The van der Waals surface area contributed by atoms with Gasteiger partial charge in [0.05, 0.1) is 6.54 Å². The van der Waals surface area contributed by atoms with Crippen LogP contribution in [0.4, 0.5) is 0 Å². The van der Waals surface area contributed by atoms with Crippen LogP contribution in [-0.2, 0) is 0 Å². The Morgan fingerprint density at radius 3 is 3.00 bits per heavy atom. The topological polar surface area (TPSA) is 24.4 Å². The zero-order valence-corrected chi connectivity index (χ0v) is 7.37. The summed E-state index contributed by atoms with van der Waals surface area (Å²) >= 11 is 1.83. The van der Waals surface area contributed by atoms with Crippen molar-refractivity contribution in [3.63, 3.8) is 0 Å². The standard InChI is InChI=1S/C7H14N2S/c1-6(2)5-10-7-8-3-4-9-7/h6H,3-5H2,1-2H3,(H,8,9). The number of nitrogens with one attached hydrogen (secondary N) is 1. The van der Waals surface area contributed by atoms with Crippen LogP contribution in [0.5, 0.6) is 0 Å². The highest BCUT2D eigenvalue weighted by molar-refractivity contribution is 8.13. The third-order valence-corrected chi connectivity index (χ3v) is 2.58. The van der Waals surface area contributed by atoms with E-state index < -0.39 is 0 Å². The Hall–Kier alpha value is -0.180. The van der Waals surface area contributed by atoms with Gasteiger partial charge in [0, 0.05) is 12.3 Å². The molecule has 0 atom stereocenters. The van der Waals surface area contributed by atoms with E-state index in [9.17, 15) is 0 Å². The Kier molecular flexibility index (Phi) is 3.06. The maximum Gasteiger partial charge on any atom is 0.156 e. The maximum atomic E-state index is 4.28. The SMILES string of the molecule is CC(C)CSC1=NCCN1. The number of hydrogen-bond acceptors (Lipinski definition) is 3. The van der Waals surface area contributed by atoms with Crippen molar-refractivity contribution in [3.05, 3.63) is 0 Å². The molecule has 0 amide bonds. The Morgan fingerprint density at radius 2 is 2.50 bits per heavy atom. The van der Waals surface area contributed by atoms with E-state index in [1.807, 2.05) is 11.8 Å². The minimum absolute atomic E-state index is 0.759. The Bertz CT molecular complexity index is 132. The molecule has 1 aliphatic heterocycles. The Morgan fingerprint density at radius 1 is 1.70 bits per heavy atom. The van der Waals surface area contributed by atoms with Gasteiger partial charge in [-0.15, -0.1) is 0 Å². The van der Waals surface area contributed by atoms with E-state index in [4.69, 9.17) is 0 Å². The van der Waals surface area contributed by atoms with Crippen molar-refractivity contribution in [2.24, 2.45) is 10.9 Å². The van der Waals surface area contributed by atoms with Gasteiger partial charge < -0.3 is 5.32 Å². The van der Waals surface area contributed by atoms with E-state index >= 15 is 0 Å². The fourth-order valence-corrected chi connectivity index (χ4v) is 1.60. The predicted molar refractivity (Wildman–Crippen MR) is 47.6 cm³/mol. The van der Waals surface area contributed by atoms with Crippen molar-refractivity contribution in [1.82, 2.24) is 5.32 Å². The molecule has 0 spiro atoms. The monoisotopic (exact) mass is 158 g/mol. The van der Waals surface area contributed by atoms with Gasteiger partial charge in [-0.3, -0.25) is 4.99 Å². The molecular formula is C7H14N2S. The lowest BCUT2D eigenvalue weighted by Crippen LogP contribution is -2.16. The molecule has 58 valence electrons. The van der Waals surface area contributed by atoms with Crippen LogP contribution in [-0.4, -0.2) is 24.0 Å². The van der Waals surface area contributed by atoms with Crippen LogP contribution in [0.3, 0.4) is 0 Å². The molecule has 0 unspecified atom stereocenters. The van der Waals surface area contributed by atoms with E-state index in [2.05, 4.69) is 24.2 Å². The molecule has 3 heteroatoms. The first-order chi connectivity index (χ1) is 4.79. The molecule has 0 saturated heterocycles. The van der Waals surface area contributed by atoms with Gasteiger partial charge in [0.2, 0.25) is 0 Å². The zero-order valence-electron chi connectivity index (χ0n) is 6.55. The quantitative estimate of drug-likeness (QED) is 0.655. The second-order valence-corrected chi connectivity index (χ2v) is 3.83. The second kappa shape index (κ2) is 3.86. The molecule has 2 nitrogen and oxygen atoms in total. The van der Waals surface area contributed by atoms with Crippen LogP contribution in [0.2, 0.25) is 0 Å². The summed E-state index contributed by atoms with van der Waals surface area (Å²) < 4.78 is 0. The maximum absolute atomic E-state index is 4.28. The number of hydrogen-bond donors (Lipinski definition) is 1. The summed E-state index contributed by atoms with van der Waals surface area (Å²) in [6.07, 6.45) is 0. The second-order valence-electron chi connectivity index (χ2n) is 2.82. The van der Waals surface area contributed by atoms with Crippen LogP contribution in [0, 0.1) is 5.92 Å². The van der Waals surface area contributed by atoms with Crippen LogP contribution in [0.1, 0.15) is 13.8 Å². The van der Waals surface area contributed by atoms with Gasteiger partial charge >= 0.3 is 0 Å². The van der Waals surface area contributed by atoms with Gasteiger partial charge in [-0.1, -0.05) is 25.6 Å². The molecule has 10 heavy (non-hydrogen) atoms. The molecule has 1 aliphatic rings. The molecule has 0 aromatic heterocycles. The molecule has 0 radical (unpaired) electrons. The summed E-state index contributed by atoms with van der Waals surface area (Å²) in [5.74, 6) is 1.93. The van der Waals surface area contributed by atoms with Gasteiger partial charge in [0.1, 0.15) is 0 Å². The lowest BCUT2D eigenvalue weighted by atomic mass is 10.3. The molecule has 1 heterocycles. The number of rotatable bonds is 2. The predicted octanol–water partition coefficient (Wildman–Crippen LogP) is 1.33. The van der Waals surface area contributed by atoms with Crippen LogP contribution < -0.4 is 5.32 Å². The summed E-state index contributed by atoms with van der Waals surface area (Å²) in [5, 5.41) is 4.36. The summed E-state index contributed by atoms with van der Waals surface area (Å²) in [6.45, 7) is 6.44. The minimum atomic E-state index is 0.759. The van der Waals surface area contributed by atoms with Gasteiger partial charge in [0.15, 0.2) is 5.17 Å². The number of thioether (sulfide) groups is 1. The first-order valence-corrected chi connectivity index (χ1v) is 4.68. The van der Waals surface area contributed by atoms with E-state index in [0.717, 1.165) is 24.2 Å². The van der Waals surface area contributed by atoms with Gasteiger partial charge in [-0.25, -0.2) is 0 Å². The normalized spacial score (nSPS) is 17.3. The molecule has 1 N–H and O–H groups in total. The number of aliphatic imine (C=N–C) groups is 1. The molecule has 0 bridgehead atoms. The average Bonchev–Trinajstić information content (AvgIpc) is 2.34. The highest BCUT2D eigenvalue weighted by Gasteiger charge is 2.05. The van der Waals surface area contributed by atoms with Crippen LogP contribution in [0.15, 0.2) is 4.99 Å². The van der Waals surface area contributed by atoms with E-state index in [0.29, 0.717) is 0 Å². The highest BCUT2D eigenvalue weighted by Crippen LogP contribution is 2.09. The Balaban J connectivity index is 2.13. The first-order valence-electron chi connectivity index (χ1n) is 3.70. The third-order valence-electron chi connectivity index (χ3n) is 1.20. The third kappa shape index (κ3) is 2.60. The molecule has 0 aliphatic carbocycles. The van der Waals surface area contributed by atoms with Crippen molar-refractivity contribution >= 4 is 16.9 Å². The van der Waals surface area contributed by atoms with Crippen molar-refractivity contribution in [3.8, 4) is 0 Å². The first kappa shape index (κ1) is 7.92. The fourth-order valence-electron chi connectivity index (χ4n) is 0.718.